The molecule has 0 radical (unpaired) electrons. The summed E-state index contributed by atoms with van der Waals surface area (Å²) >= 11 is 0. The number of aromatic hydroxyl groups is 1. The second-order valence-corrected chi connectivity index (χ2v) is 4.56. The molecule has 1 aromatic rings. The molecule has 0 unspecified atom stereocenters. The molecule has 0 amide bonds. The topological polar surface area (TPSA) is 46.2 Å². The third kappa shape index (κ3) is 3.53. The SMILES string of the molecule is Cl.N[C@@H](CC1CC1)c1cc(C(F)(F)F)ccc1O. The van der Waals surface area contributed by atoms with E-state index in [0.717, 1.165) is 31.0 Å². The van der Waals surface area contributed by atoms with Crippen molar-refractivity contribution in [3.05, 3.63) is 29.3 Å². The minimum Gasteiger partial charge on any atom is -0.508 e. The van der Waals surface area contributed by atoms with Gasteiger partial charge in [0.15, 0.2) is 0 Å². The third-order valence-electron chi connectivity index (χ3n) is 3.04. The highest BCUT2D eigenvalue weighted by atomic mass is 35.5. The number of phenolic OH excluding ortho intramolecular Hbond substituents is 1. The molecule has 3 N–H and O–H groups in total. The van der Waals surface area contributed by atoms with Crippen LogP contribution in [0.5, 0.6) is 5.75 Å². The van der Waals surface area contributed by atoms with Crippen LogP contribution in [-0.2, 0) is 6.18 Å². The first-order valence-electron chi connectivity index (χ1n) is 5.53. The van der Waals surface area contributed by atoms with Crippen molar-refractivity contribution in [1.29, 1.82) is 0 Å². The van der Waals surface area contributed by atoms with Crippen molar-refractivity contribution in [2.75, 3.05) is 0 Å². The lowest BCUT2D eigenvalue weighted by atomic mass is 9.99. The van der Waals surface area contributed by atoms with Gasteiger partial charge in [0.2, 0.25) is 0 Å². The van der Waals surface area contributed by atoms with Crippen LogP contribution in [0, 0.1) is 5.92 Å². The standard InChI is InChI=1S/C12H14F3NO.ClH/c13-12(14,15)8-3-4-11(17)9(6-8)10(16)5-7-1-2-7;/h3-4,6-7,10,17H,1-2,5,16H2;1H/t10-;/m0./s1. The highest BCUT2D eigenvalue weighted by Crippen LogP contribution is 2.40. The highest BCUT2D eigenvalue weighted by molar-refractivity contribution is 5.85. The number of rotatable bonds is 3. The number of hydrogen-bond acceptors (Lipinski definition) is 2. The van der Waals surface area contributed by atoms with E-state index < -0.39 is 17.8 Å². The number of benzene rings is 1. The van der Waals surface area contributed by atoms with Gasteiger partial charge in [-0.1, -0.05) is 12.8 Å². The molecule has 1 aromatic carbocycles. The molecule has 1 fully saturated rings. The number of hydrogen-bond donors (Lipinski definition) is 2. The fraction of sp³-hybridized carbons (Fsp3) is 0.500. The Morgan fingerprint density at radius 3 is 2.44 bits per heavy atom. The van der Waals surface area contributed by atoms with Gasteiger partial charge < -0.3 is 10.8 Å². The van der Waals surface area contributed by atoms with Gasteiger partial charge in [-0.3, -0.25) is 0 Å². The second kappa shape index (κ2) is 5.36. The quantitative estimate of drug-likeness (QED) is 0.889. The first-order valence-corrected chi connectivity index (χ1v) is 5.53. The van der Waals surface area contributed by atoms with E-state index in [-0.39, 0.29) is 23.7 Å². The van der Waals surface area contributed by atoms with E-state index in [2.05, 4.69) is 0 Å². The Hall–Kier alpha value is -0.940. The Morgan fingerprint density at radius 2 is 1.94 bits per heavy atom. The molecular formula is C12H15ClF3NO. The summed E-state index contributed by atoms with van der Waals surface area (Å²) in [6, 6.07) is 2.35. The van der Waals surface area contributed by atoms with Crippen LogP contribution in [0.4, 0.5) is 13.2 Å². The first kappa shape index (κ1) is 15.1. The summed E-state index contributed by atoms with van der Waals surface area (Å²) in [4.78, 5) is 0. The molecule has 0 aromatic heterocycles. The molecule has 1 aliphatic carbocycles. The fourth-order valence-corrected chi connectivity index (χ4v) is 1.87. The second-order valence-electron chi connectivity index (χ2n) is 4.56. The summed E-state index contributed by atoms with van der Waals surface area (Å²) in [5.74, 6) is 0.338. The molecule has 0 aliphatic heterocycles. The van der Waals surface area contributed by atoms with E-state index in [0.29, 0.717) is 12.3 Å². The third-order valence-corrected chi connectivity index (χ3v) is 3.04. The Labute approximate surface area is 109 Å². The maximum atomic E-state index is 12.5. The van der Waals surface area contributed by atoms with Crippen LogP contribution in [-0.4, -0.2) is 5.11 Å². The van der Waals surface area contributed by atoms with E-state index in [9.17, 15) is 18.3 Å². The van der Waals surface area contributed by atoms with Crippen molar-refractivity contribution in [1.82, 2.24) is 0 Å². The highest BCUT2D eigenvalue weighted by Gasteiger charge is 2.32. The Bertz CT molecular complexity index is 418. The van der Waals surface area contributed by atoms with Gasteiger partial charge in [0.25, 0.3) is 0 Å². The van der Waals surface area contributed by atoms with Crippen LogP contribution in [0.1, 0.15) is 36.4 Å². The first-order chi connectivity index (χ1) is 7.88. The molecule has 2 nitrogen and oxygen atoms in total. The fourth-order valence-electron chi connectivity index (χ4n) is 1.87. The van der Waals surface area contributed by atoms with E-state index in [1.165, 1.54) is 0 Å². The van der Waals surface area contributed by atoms with Gasteiger partial charge in [-0.2, -0.15) is 13.2 Å². The molecule has 102 valence electrons. The van der Waals surface area contributed by atoms with Crippen LogP contribution in [0.15, 0.2) is 18.2 Å². The molecule has 1 saturated carbocycles. The smallest absolute Gasteiger partial charge is 0.416 e. The van der Waals surface area contributed by atoms with Crippen LogP contribution >= 0.6 is 12.4 Å². The van der Waals surface area contributed by atoms with Gasteiger partial charge in [-0.15, -0.1) is 12.4 Å². The van der Waals surface area contributed by atoms with Gasteiger partial charge >= 0.3 is 6.18 Å². The van der Waals surface area contributed by atoms with Crippen molar-refractivity contribution in [3.63, 3.8) is 0 Å². The summed E-state index contributed by atoms with van der Waals surface area (Å²) in [5, 5.41) is 9.56. The van der Waals surface area contributed by atoms with E-state index in [1.807, 2.05) is 0 Å². The van der Waals surface area contributed by atoms with Gasteiger partial charge in [0.1, 0.15) is 5.75 Å². The molecule has 6 heteroatoms. The molecule has 0 saturated heterocycles. The van der Waals surface area contributed by atoms with Crippen LogP contribution < -0.4 is 5.73 Å². The summed E-state index contributed by atoms with van der Waals surface area (Å²) < 4.78 is 37.5. The van der Waals surface area contributed by atoms with Crippen LogP contribution in [0.2, 0.25) is 0 Å². The average molecular weight is 282 g/mol. The van der Waals surface area contributed by atoms with Crippen molar-refractivity contribution >= 4 is 12.4 Å². The van der Waals surface area contributed by atoms with Crippen molar-refractivity contribution in [2.24, 2.45) is 11.7 Å². The Morgan fingerprint density at radius 1 is 1.33 bits per heavy atom. The van der Waals surface area contributed by atoms with E-state index in [1.54, 1.807) is 0 Å². The van der Waals surface area contributed by atoms with Crippen LogP contribution in [0.3, 0.4) is 0 Å². The van der Waals surface area contributed by atoms with E-state index >= 15 is 0 Å². The Balaban J connectivity index is 0.00000162. The molecule has 2 rings (SSSR count). The number of alkyl halides is 3. The van der Waals surface area contributed by atoms with Gasteiger partial charge in [-0.05, 0) is 30.5 Å². The monoisotopic (exact) mass is 281 g/mol. The molecule has 0 spiro atoms. The lowest BCUT2D eigenvalue weighted by molar-refractivity contribution is -0.137. The molecule has 1 aliphatic rings. The maximum Gasteiger partial charge on any atom is 0.416 e. The van der Waals surface area contributed by atoms with E-state index in [4.69, 9.17) is 5.73 Å². The van der Waals surface area contributed by atoms with Gasteiger partial charge in [0.05, 0.1) is 5.56 Å². The van der Waals surface area contributed by atoms with Crippen molar-refractivity contribution < 1.29 is 18.3 Å². The summed E-state index contributed by atoms with van der Waals surface area (Å²) in [6.07, 6.45) is -1.61. The zero-order valence-corrected chi connectivity index (χ0v) is 10.4. The molecule has 0 bridgehead atoms. The zero-order valence-electron chi connectivity index (χ0n) is 9.57. The van der Waals surface area contributed by atoms with Crippen molar-refractivity contribution in [2.45, 2.75) is 31.5 Å². The molecule has 0 heterocycles. The number of phenols is 1. The molecular weight excluding hydrogens is 267 g/mol. The van der Waals surface area contributed by atoms with Gasteiger partial charge in [-0.25, -0.2) is 0 Å². The largest absolute Gasteiger partial charge is 0.508 e. The number of nitrogens with two attached hydrogens (primary N) is 1. The average Bonchev–Trinajstić information content (AvgIpc) is 3.00. The van der Waals surface area contributed by atoms with Gasteiger partial charge in [0, 0.05) is 11.6 Å². The maximum absolute atomic E-state index is 12.5. The lowest BCUT2D eigenvalue weighted by Crippen LogP contribution is -2.13. The minimum atomic E-state index is -4.40. The normalized spacial score (nSPS) is 17.1. The minimum absolute atomic E-state index is 0. The summed E-state index contributed by atoms with van der Waals surface area (Å²) in [7, 11) is 0. The lowest BCUT2D eigenvalue weighted by Gasteiger charge is -2.15. The van der Waals surface area contributed by atoms with Crippen LogP contribution in [0.25, 0.3) is 0 Å². The molecule has 18 heavy (non-hydrogen) atoms. The summed E-state index contributed by atoms with van der Waals surface area (Å²) in [5.41, 5.74) is 5.24. The molecule has 1 atom stereocenters. The number of halogens is 4. The summed E-state index contributed by atoms with van der Waals surface area (Å²) in [6.45, 7) is 0. The zero-order chi connectivity index (χ0) is 12.6. The van der Waals surface area contributed by atoms with Crippen molar-refractivity contribution in [3.8, 4) is 5.75 Å². The predicted molar refractivity (Wildman–Crippen MR) is 64.6 cm³/mol. The Kier molecular flexibility index (Phi) is 4.50. The predicted octanol–water partition coefficient (Wildman–Crippen LogP) is 3.63.